The van der Waals surface area contributed by atoms with Gasteiger partial charge in [-0.3, -0.25) is 4.98 Å². The lowest BCUT2D eigenvalue weighted by Crippen LogP contribution is -2.37. The largest absolute Gasteiger partial charge is 0.357 e. The second-order valence-corrected chi connectivity index (χ2v) is 4.97. The van der Waals surface area contributed by atoms with Gasteiger partial charge in [0, 0.05) is 24.7 Å². The summed E-state index contributed by atoms with van der Waals surface area (Å²) in [5, 5.41) is 7.80. The third kappa shape index (κ3) is 4.45. The molecule has 0 atom stereocenters. The monoisotopic (exact) mass is 284 g/mol. The van der Waals surface area contributed by atoms with Gasteiger partial charge in [0.05, 0.1) is 12.1 Å². The number of hydrogen-bond donors (Lipinski definition) is 2. The van der Waals surface area contributed by atoms with Crippen LogP contribution < -0.4 is 10.6 Å². The van der Waals surface area contributed by atoms with Gasteiger partial charge in [0.15, 0.2) is 5.96 Å². The van der Waals surface area contributed by atoms with Crippen LogP contribution in [0.5, 0.6) is 0 Å². The van der Waals surface area contributed by atoms with E-state index in [9.17, 15) is 0 Å². The molecule has 2 rings (SSSR count). The summed E-state index contributed by atoms with van der Waals surface area (Å²) in [6, 6.07) is 10.3. The summed E-state index contributed by atoms with van der Waals surface area (Å²) in [7, 11) is 0. The van der Waals surface area contributed by atoms with Crippen molar-refractivity contribution in [1.82, 2.24) is 15.6 Å². The van der Waals surface area contributed by atoms with E-state index >= 15 is 0 Å². The average molecular weight is 284 g/mol. The first-order valence-electron chi connectivity index (χ1n) is 7.70. The van der Waals surface area contributed by atoms with E-state index in [0.717, 1.165) is 41.9 Å². The van der Waals surface area contributed by atoms with Crippen LogP contribution in [-0.4, -0.2) is 24.0 Å². The van der Waals surface area contributed by atoms with Crippen molar-refractivity contribution in [3.05, 3.63) is 42.1 Å². The summed E-state index contributed by atoms with van der Waals surface area (Å²) >= 11 is 0. The quantitative estimate of drug-likeness (QED) is 0.487. The van der Waals surface area contributed by atoms with Gasteiger partial charge in [0.1, 0.15) is 0 Å². The minimum atomic E-state index is 0.635. The van der Waals surface area contributed by atoms with Gasteiger partial charge in [-0.05, 0) is 25.0 Å². The van der Waals surface area contributed by atoms with E-state index in [-0.39, 0.29) is 0 Å². The van der Waals surface area contributed by atoms with Crippen molar-refractivity contribution in [2.24, 2.45) is 4.99 Å². The molecule has 2 N–H and O–H groups in total. The Kier molecular flexibility index (Phi) is 6.00. The fraction of sp³-hybridized carbons (Fsp3) is 0.412. The Labute approximate surface area is 126 Å². The Bertz CT molecular complexity index is 587. The Morgan fingerprint density at radius 2 is 2.00 bits per heavy atom. The SMILES string of the molecule is CCCCNC(=NCc1cccc2cccnc12)NCC. The zero-order valence-electron chi connectivity index (χ0n) is 12.9. The summed E-state index contributed by atoms with van der Waals surface area (Å²) in [4.78, 5) is 9.13. The van der Waals surface area contributed by atoms with Crippen LogP contribution in [0.1, 0.15) is 32.3 Å². The fourth-order valence-corrected chi connectivity index (χ4v) is 2.18. The maximum absolute atomic E-state index is 4.66. The molecule has 0 aliphatic heterocycles. The Hall–Kier alpha value is -2.10. The Balaban J connectivity index is 2.11. The first kappa shape index (κ1) is 15.3. The number of aliphatic imine (C=N–C) groups is 1. The van der Waals surface area contributed by atoms with Crippen LogP contribution in [-0.2, 0) is 6.54 Å². The van der Waals surface area contributed by atoms with Gasteiger partial charge in [0.25, 0.3) is 0 Å². The molecule has 0 spiro atoms. The smallest absolute Gasteiger partial charge is 0.191 e. The molecule has 21 heavy (non-hydrogen) atoms. The van der Waals surface area contributed by atoms with Crippen molar-refractivity contribution in [2.45, 2.75) is 33.2 Å². The molecule has 4 nitrogen and oxygen atoms in total. The fourth-order valence-electron chi connectivity index (χ4n) is 2.18. The van der Waals surface area contributed by atoms with Gasteiger partial charge in [-0.15, -0.1) is 0 Å². The minimum Gasteiger partial charge on any atom is -0.357 e. The molecule has 0 fully saturated rings. The zero-order chi connectivity index (χ0) is 14.9. The maximum Gasteiger partial charge on any atom is 0.191 e. The zero-order valence-corrected chi connectivity index (χ0v) is 12.9. The Morgan fingerprint density at radius 1 is 1.14 bits per heavy atom. The highest BCUT2D eigenvalue weighted by Gasteiger charge is 2.02. The number of hydrogen-bond acceptors (Lipinski definition) is 2. The molecule has 112 valence electrons. The van der Waals surface area contributed by atoms with Gasteiger partial charge >= 0.3 is 0 Å². The topological polar surface area (TPSA) is 49.3 Å². The van der Waals surface area contributed by atoms with Crippen molar-refractivity contribution in [1.29, 1.82) is 0 Å². The van der Waals surface area contributed by atoms with E-state index in [1.807, 2.05) is 12.3 Å². The number of fused-ring (bicyclic) bond motifs is 1. The predicted molar refractivity (Wildman–Crippen MR) is 89.5 cm³/mol. The molecule has 4 heteroatoms. The number of para-hydroxylation sites is 1. The van der Waals surface area contributed by atoms with Gasteiger partial charge in [-0.25, -0.2) is 4.99 Å². The molecule has 0 unspecified atom stereocenters. The Morgan fingerprint density at radius 3 is 2.81 bits per heavy atom. The first-order valence-corrected chi connectivity index (χ1v) is 7.70. The number of unbranched alkanes of at least 4 members (excludes halogenated alkanes) is 1. The van der Waals surface area contributed by atoms with E-state index in [1.54, 1.807) is 0 Å². The third-order valence-electron chi connectivity index (χ3n) is 3.29. The first-order chi connectivity index (χ1) is 10.3. The number of rotatable bonds is 6. The maximum atomic E-state index is 4.66. The summed E-state index contributed by atoms with van der Waals surface area (Å²) in [5.74, 6) is 0.874. The van der Waals surface area contributed by atoms with Crippen LogP contribution in [0.15, 0.2) is 41.5 Å². The molecule has 1 aromatic carbocycles. The van der Waals surface area contributed by atoms with Crippen molar-refractivity contribution < 1.29 is 0 Å². The normalized spacial score (nSPS) is 11.6. The van der Waals surface area contributed by atoms with Crippen LogP contribution in [0.25, 0.3) is 10.9 Å². The lowest BCUT2D eigenvalue weighted by atomic mass is 10.1. The van der Waals surface area contributed by atoms with Crippen LogP contribution in [0.2, 0.25) is 0 Å². The molecule has 2 aromatic rings. The molecule has 0 aliphatic carbocycles. The molecular weight excluding hydrogens is 260 g/mol. The van der Waals surface area contributed by atoms with Gasteiger partial charge in [-0.1, -0.05) is 37.6 Å². The van der Waals surface area contributed by atoms with E-state index < -0.39 is 0 Å². The second kappa shape index (κ2) is 8.25. The van der Waals surface area contributed by atoms with Crippen molar-refractivity contribution in [2.75, 3.05) is 13.1 Å². The molecule has 0 aliphatic rings. The van der Waals surface area contributed by atoms with E-state index in [4.69, 9.17) is 0 Å². The molecule has 0 amide bonds. The molecule has 0 saturated carbocycles. The summed E-state index contributed by atoms with van der Waals surface area (Å²) < 4.78 is 0. The second-order valence-electron chi connectivity index (χ2n) is 4.97. The third-order valence-corrected chi connectivity index (χ3v) is 3.29. The van der Waals surface area contributed by atoms with E-state index in [1.165, 1.54) is 6.42 Å². The molecule has 0 bridgehead atoms. The van der Waals surface area contributed by atoms with Gasteiger partial charge in [0.2, 0.25) is 0 Å². The molecule has 1 heterocycles. The molecule has 0 saturated heterocycles. The predicted octanol–water partition coefficient (Wildman–Crippen LogP) is 3.09. The van der Waals surface area contributed by atoms with Crippen LogP contribution >= 0.6 is 0 Å². The molecule has 1 aromatic heterocycles. The van der Waals surface area contributed by atoms with Gasteiger partial charge in [-0.2, -0.15) is 0 Å². The van der Waals surface area contributed by atoms with Crippen molar-refractivity contribution >= 4 is 16.9 Å². The van der Waals surface area contributed by atoms with E-state index in [0.29, 0.717) is 6.54 Å². The summed E-state index contributed by atoms with van der Waals surface area (Å²) in [6.07, 6.45) is 4.17. The number of nitrogens with zero attached hydrogens (tertiary/aromatic N) is 2. The standard InChI is InChI=1S/C17H24N4/c1-3-5-11-20-17(18-4-2)21-13-15-9-6-8-14-10-7-12-19-16(14)15/h6-10,12H,3-5,11,13H2,1-2H3,(H2,18,20,21). The number of benzene rings is 1. The molecular formula is C17H24N4. The highest BCUT2D eigenvalue weighted by molar-refractivity contribution is 5.83. The number of aromatic nitrogens is 1. The summed E-state index contributed by atoms with van der Waals surface area (Å²) in [5.41, 5.74) is 2.19. The van der Waals surface area contributed by atoms with Gasteiger partial charge < -0.3 is 10.6 Å². The lowest BCUT2D eigenvalue weighted by molar-refractivity contribution is 0.730. The van der Waals surface area contributed by atoms with Crippen LogP contribution in [0.3, 0.4) is 0 Å². The highest BCUT2D eigenvalue weighted by atomic mass is 15.2. The van der Waals surface area contributed by atoms with Crippen LogP contribution in [0, 0.1) is 0 Å². The lowest BCUT2D eigenvalue weighted by Gasteiger charge is -2.11. The minimum absolute atomic E-state index is 0.635. The highest BCUT2D eigenvalue weighted by Crippen LogP contribution is 2.16. The van der Waals surface area contributed by atoms with Crippen LogP contribution in [0.4, 0.5) is 0 Å². The van der Waals surface area contributed by atoms with Crippen molar-refractivity contribution in [3.63, 3.8) is 0 Å². The van der Waals surface area contributed by atoms with E-state index in [2.05, 4.69) is 58.7 Å². The summed E-state index contributed by atoms with van der Waals surface area (Å²) in [6.45, 7) is 6.72. The van der Waals surface area contributed by atoms with Crippen molar-refractivity contribution in [3.8, 4) is 0 Å². The number of pyridine rings is 1. The average Bonchev–Trinajstić information content (AvgIpc) is 2.53. The number of guanidine groups is 1. The number of nitrogens with one attached hydrogen (secondary N) is 2. The molecule has 0 radical (unpaired) electrons.